The zero-order chi connectivity index (χ0) is 33.4. The lowest BCUT2D eigenvalue weighted by Gasteiger charge is -2.28. The fourth-order valence-electron chi connectivity index (χ4n) is 5.04. The Kier molecular flexibility index (Phi) is 10.7. The smallest absolute Gasteiger partial charge is 0.338 e. The first kappa shape index (κ1) is 33.1. The van der Waals surface area contributed by atoms with E-state index in [2.05, 4.69) is 0 Å². The Morgan fingerprint density at radius 1 is 0.543 bits per heavy atom. The van der Waals surface area contributed by atoms with E-state index in [1.165, 1.54) is 12.1 Å². The van der Waals surface area contributed by atoms with Gasteiger partial charge in [0.25, 0.3) is 0 Å². The van der Waals surface area contributed by atoms with Crippen molar-refractivity contribution in [2.45, 2.75) is 25.7 Å². The molecule has 0 radical (unpaired) electrons. The molecule has 0 unspecified atom stereocenters. The monoisotopic (exact) mass is 634 g/mol. The third kappa shape index (κ3) is 8.65. The Bertz CT molecular complexity index is 1620. The van der Waals surface area contributed by atoms with E-state index < -0.39 is 46.4 Å². The number of phenolic OH excluding ortho intramolecular Hbond substituents is 8. The van der Waals surface area contributed by atoms with Crippen LogP contribution in [0.4, 0.5) is 0 Å². The number of carbonyl (C=O) groups is 2. The molecule has 0 aliphatic heterocycles. The third-order valence-electron chi connectivity index (χ3n) is 7.53. The molecule has 12 heteroatoms. The number of hydrogen-bond acceptors (Lipinski definition) is 12. The van der Waals surface area contributed by atoms with Crippen LogP contribution in [0.2, 0.25) is 0 Å². The largest absolute Gasteiger partial charge is 0.508 e. The number of rotatable bonds is 13. The summed E-state index contributed by atoms with van der Waals surface area (Å²) in [6, 6.07) is 17.1. The highest BCUT2D eigenvalue weighted by Crippen LogP contribution is 2.37. The minimum absolute atomic E-state index is 0.0366. The van der Waals surface area contributed by atoms with Crippen LogP contribution in [-0.4, -0.2) is 66.0 Å². The second kappa shape index (κ2) is 14.8. The zero-order valence-electron chi connectivity index (χ0n) is 24.5. The Morgan fingerprint density at radius 3 is 1.37 bits per heavy atom. The van der Waals surface area contributed by atoms with Crippen LogP contribution in [0.1, 0.15) is 44.7 Å². The van der Waals surface area contributed by atoms with Gasteiger partial charge in [0, 0.05) is 5.92 Å². The molecule has 4 aromatic rings. The molecule has 4 rings (SSSR count). The average molecular weight is 635 g/mol. The molecule has 0 aromatic heterocycles. The van der Waals surface area contributed by atoms with Gasteiger partial charge in [0.05, 0.1) is 24.3 Å². The third-order valence-corrected chi connectivity index (χ3v) is 7.53. The molecule has 4 aromatic carbocycles. The predicted octanol–water partition coefficient (Wildman–Crippen LogP) is 4.84. The van der Waals surface area contributed by atoms with E-state index in [0.29, 0.717) is 25.7 Å². The highest BCUT2D eigenvalue weighted by molar-refractivity contribution is 5.91. The highest BCUT2D eigenvalue weighted by atomic mass is 16.5. The van der Waals surface area contributed by atoms with Gasteiger partial charge in [0.1, 0.15) is 11.5 Å². The molecule has 0 saturated heterocycles. The first-order valence-electron chi connectivity index (χ1n) is 14.3. The summed E-state index contributed by atoms with van der Waals surface area (Å²) in [7, 11) is 0. The number of aromatic hydroxyl groups is 8. The van der Waals surface area contributed by atoms with Crippen LogP contribution in [0.15, 0.2) is 72.8 Å². The summed E-state index contributed by atoms with van der Waals surface area (Å²) in [5.74, 6) is -6.27. The fraction of sp³-hybridized carbons (Fsp3) is 0.235. The van der Waals surface area contributed by atoms with Gasteiger partial charge >= 0.3 is 11.9 Å². The Morgan fingerprint density at radius 2 is 0.935 bits per heavy atom. The van der Waals surface area contributed by atoms with Crippen molar-refractivity contribution in [3.63, 3.8) is 0 Å². The lowest BCUT2D eigenvalue weighted by atomic mass is 9.80. The molecule has 242 valence electrons. The second-order valence-electron chi connectivity index (χ2n) is 10.9. The summed E-state index contributed by atoms with van der Waals surface area (Å²) in [5.41, 5.74) is 1.39. The molecule has 0 saturated carbocycles. The molecule has 2 atom stereocenters. The van der Waals surface area contributed by atoms with Crippen molar-refractivity contribution in [1.82, 2.24) is 0 Å². The minimum Gasteiger partial charge on any atom is -0.508 e. The molecule has 8 N–H and O–H groups in total. The van der Waals surface area contributed by atoms with Gasteiger partial charge in [-0.3, -0.25) is 0 Å². The zero-order valence-corrected chi connectivity index (χ0v) is 24.5. The molecule has 0 fully saturated rings. The van der Waals surface area contributed by atoms with Crippen molar-refractivity contribution in [3.8, 4) is 46.0 Å². The number of carbonyl (C=O) groups excluding carboxylic acids is 2. The Hall–Kier alpha value is -5.78. The first-order valence-corrected chi connectivity index (χ1v) is 14.3. The van der Waals surface area contributed by atoms with Gasteiger partial charge in [-0.25, -0.2) is 9.59 Å². The fourth-order valence-corrected chi connectivity index (χ4v) is 5.04. The van der Waals surface area contributed by atoms with Gasteiger partial charge in [-0.2, -0.15) is 0 Å². The molecule has 0 aliphatic rings. The van der Waals surface area contributed by atoms with E-state index in [1.54, 1.807) is 36.4 Å². The molecule has 46 heavy (non-hydrogen) atoms. The van der Waals surface area contributed by atoms with Crippen molar-refractivity contribution in [2.24, 2.45) is 11.8 Å². The number of phenols is 8. The standard InChI is InChI=1S/C34H34O12/c35-25-7-3-19(4-8-25)12-21(2-1-11-45-33(43)22-14-27(37)31(41)28(38)15-22)24(13-20-5-9-26(36)10-6-20)18-46-34(44)23-16-29(39)32(42)30(40)17-23/h3-10,14-17,21,24,35-42H,1-2,11-13,18H2/t21-,24+/m0/s1. The maximum atomic E-state index is 12.9. The molecule has 12 nitrogen and oxygen atoms in total. The number of benzene rings is 4. The molecule has 0 heterocycles. The van der Waals surface area contributed by atoms with Gasteiger partial charge < -0.3 is 50.3 Å². The van der Waals surface area contributed by atoms with Crippen molar-refractivity contribution < 1.29 is 59.9 Å². The molecular weight excluding hydrogens is 600 g/mol. The van der Waals surface area contributed by atoms with E-state index in [9.17, 15) is 50.4 Å². The molecule has 0 spiro atoms. The maximum Gasteiger partial charge on any atom is 0.338 e. The first-order chi connectivity index (χ1) is 21.9. The van der Waals surface area contributed by atoms with Crippen LogP contribution in [0.5, 0.6) is 46.0 Å². The summed E-state index contributed by atoms with van der Waals surface area (Å²) in [5, 5.41) is 77.8. The lowest BCUT2D eigenvalue weighted by Crippen LogP contribution is -2.26. The summed E-state index contributed by atoms with van der Waals surface area (Å²) < 4.78 is 11.0. The van der Waals surface area contributed by atoms with Crippen molar-refractivity contribution >= 4 is 11.9 Å². The normalized spacial score (nSPS) is 12.3. The molecular formula is C34H34O12. The van der Waals surface area contributed by atoms with Crippen LogP contribution in [0.25, 0.3) is 0 Å². The van der Waals surface area contributed by atoms with Crippen molar-refractivity contribution in [3.05, 3.63) is 95.1 Å². The van der Waals surface area contributed by atoms with E-state index in [0.717, 1.165) is 35.4 Å². The summed E-state index contributed by atoms with van der Waals surface area (Å²) in [4.78, 5) is 25.5. The van der Waals surface area contributed by atoms with Crippen LogP contribution in [-0.2, 0) is 22.3 Å². The maximum absolute atomic E-state index is 12.9. The number of ether oxygens (including phenoxy) is 2. The van der Waals surface area contributed by atoms with Gasteiger partial charge in [-0.15, -0.1) is 0 Å². The van der Waals surface area contributed by atoms with Gasteiger partial charge in [-0.1, -0.05) is 24.3 Å². The molecule has 0 bridgehead atoms. The van der Waals surface area contributed by atoms with Crippen LogP contribution >= 0.6 is 0 Å². The van der Waals surface area contributed by atoms with Crippen LogP contribution < -0.4 is 0 Å². The predicted molar refractivity (Wildman–Crippen MR) is 163 cm³/mol. The van der Waals surface area contributed by atoms with Gasteiger partial charge in [-0.05, 0) is 91.3 Å². The van der Waals surface area contributed by atoms with E-state index in [4.69, 9.17) is 9.47 Å². The van der Waals surface area contributed by atoms with E-state index in [1.807, 2.05) is 0 Å². The topological polar surface area (TPSA) is 214 Å². The summed E-state index contributed by atoms with van der Waals surface area (Å²) in [6.45, 7) is -0.137. The highest BCUT2D eigenvalue weighted by Gasteiger charge is 2.26. The second-order valence-corrected chi connectivity index (χ2v) is 10.9. The quantitative estimate of drug-likeness (QED) is 0.0563. The number of hydrogen-bond donors (Lipinski definition) is 8. The summed E-state index contributed by atoms with van der Waals surface area (Å²) >= 11 is 0. The molecule has 0 aliphatic carbocycles. The van der Waals surface area contributed by atoms with E-state index >= 15 is 0 Å². The van der Waals surface area contributed by atoms with Crippen molar-refractivity contribution in [1.29, 1.82) is 0 Å². The Labute approximate surface area is 263 Å². The average Bonchev–Trinajstić information content (AvgIpc) is 3.03. The summed E-state index contributed by atoms with van der Waals surface area (Å²) in [6.07, 6.45) is 1.73. The minimum atomic E-state index is -0.848. The van der Waals surface area contributed by atoms with Gasteiger partial charge in [0.2, 0.25) is 0 Å². The molecule has 0 amide bonds. The van der Waals surface area contributed by atoms with E-state index in [-0.39, 0.29) is 47.7 Å². The number of esters is 2. The Balaban J connectivity index is 1.53. The SMILES string of the molecule is O=C(OCCC[C@@H](Cc1ccc(O)cc1)[C@@H](COC(=O)c1cc(O)c(O)c(O)c1)Cc1ccc(O)cc1)c1cc(O)c(O)c(O)c1. The van der Waals surface area contributed by atoms with Crippen LogP contribution in [0.3, 0.4) is 0 Å². The van der Waals surface area contributed by atoms with Crippen LogP contribution in [0, 0.1) is 11.8 Å². The van der Waals surface area contributed by atoms with Gasteiger partial charge in [0.15, 0.2) is 34.5 Å². The lowest BCUT2D eigenvalue weighted by molar-refractivity contribution is 0.0361. The van der Waals surface area contributed by atoms with Crippen molar-refractivity contribution in [2.75, 3.05) is 13.2 Å².